The molecule has 0 amide bonds. The van der Waals surface area contributed by atoms with Crippen LogP contribution in [0.25, 0.3) is 0 Å². The number of anilines is 1. The van der Waals surface area contributed by atoms with Gasteiger partial charge in [0.25, 0.3) is 0 Å². The molecule has 1 atom stereocenters. The monoisotopic (exact) mass is 268 g/mol. The lowest BCUT2D eigenvalue weighted by molar-refractivity contribution is 0.831. The van der Waals surface area contributed by atoms with Crippen molar-refractivity contribution in [2.24, 2.45) is 0 Å². The Labute approximate surface area is 122 Å². The second kappa shape index (κ2) is 6.56. The first-order valence-corrected chi connectivity index (χ1v) is 7.45. The van der Waals surface area contributed by atoms with Gasteiger partial charge in [-0.15, -0.1) is 0 Å². The predicted octanol–water partition coefficient (Wildman–Crippen LogP) is 4.69. The van der Waals surface area contributed by atoms with Gasteiger partial charge < -0.3 is 5.32 Å². The number of pyridine rings is 1. The summed E-state index contributed by atoms with van der Waals surface area (Å²) in [6.07, 6.45) is 3.95. The van der Waals surface area contributed by atoms with Crippen LogP contribution in [0.5, 0.6) is 0 Å². The van der Waals surface area contributed by atoms with Gasteiger partial charge in [-0.25, -0.2) is 0 Å². The minimum Gasteiger partial charge on any atom is -0.377 e. The van der Waals surface area contributed by atoms with Crippen LogP contribution in [-0.4, -0.2) is 4.98 Å². The third-order valence-corrected chi connectivity index (χ3v) is 3.70. The number of hydrogen-bond donors (Lipinski definition) is 1. The zero-order valence-corrected chi connectivity index (χ0v) is 12.9. The van der Waals surface area contributed by atoms with Crippen LogP contribution in [0, 0.1) is 6.92 Å². The normalized spacial score (nSPS) is 12.2. The lowest BCUT2D eigenvalue weighted by Gasteiger charge is -2.21. The summed E-state index contributed by atoms with van der Waals surface area (Å²) in [4.78, 5) is 4.44. The summed E-state index contributed by atoms with van der Waals surface area (Å²) >= 11 is 0. The smallest absolute Gasteiger partial charge is 0.0657 e. The lowest BCUT2D eigenvalue weighted by atomic mass is 9.99. The Morgan fingerprint density at radius 2 is 1.75 bits per heavy atom. The maximum Gasteiger partial charge on any atom is 0.0657 e. The summed E-state index contributed by atoms with van der Waals surface area (Å²) in [5.41, 5.74) is 6.50. The van der Waals surface area contributed by atoms with Crippen LogP contribution in [0.1, 0.15) is 49.2 Å². The second-order valence-corrected chi connectivity index (χ2v) is 5.29. The molecule has 0 aliphatic heterocycles. The van der Waals surface area contributed by atoms with Gasteiger partial charge in [0.15, 0.2) is 0 Å². The predicted molar refractivity (Wildman–Crippen MR) is 86.2 cm³/mol. The number of nitrogens with one attached hydrogen (secondary N) is 1. The average molecular weight is 268 g/mol. The molecule has 0 saturated heterocycles. The topological polar surface area (TPSA) is 24.9 Å². The quantitative estimate of drug-likeness (QED) is 0.851. The van der Waals surface area contributed by atoms with Crippen molar-refractivity contribution in [3.05, 3.63) is 58.9 Å². The van der Waals surface area contributed by atoms with E-state index in [0.717, 1.165) is 18.5 Å². The van der Waals surface area contributed by atoms with E-state index in [1.807, 2.05) is 18.3 Å². The lowest BCUT2D eigenvalue weighted by Crippen LogP contribution is -2.12. The first kappa shape index (κ1) is 14.6. The molecule has 0 fully saturated rings. The number of aryl methyl sites for hydroxylation is 3. The average Bonchev–Trinajstić information content (AvgIpc) is 2.49. The standard InChI is InChI=1S/C18H24N2/c1-5-15-11-13(3)12-16(6-2)18(15)20-14(4)17-9-7-8-10-19-17/h7-12,14,20H,5-6H2,1-4H3. The highest BCUT2D eigenvalue weighted by Gasteiger charge is 2.12. The van der Waals surface area contributed by atoms with Crippen molar-refractivity contribution in [1.82, 2.24) is 4.98 Å². The van der Waals surface area contributed by atoms with Gasteiger partial charge in [-0.2, -0.15) is 0 Å². The second-order valence-electron chi connectivity index (χ2n) is 5.29. The number of hydrogen-bond acceptors (Lipinski definition) is 2. The molecule has 1 N–H and O–H groups in total. The Morgan fingerprint density at radius 3 is 2.25 bits per heavy atom. The molecule has 0 saturated carbocycles. The van der Waals surface area contributed by atoms with E-state index in [1.54, 1.807) is 0 Å². The van der Waals surface area contributed by atoms with Crippen molar-refractivity contribution in [2.45, 2.75) is 46.6 Å². The van der Waals surface area contributed by atoms with Gasteiger partial charge in [0.2, 0.25) is 0 Å². The summed E-state index contributed by atoms with van der Waals surface area (Å²) < 4.78 is 0. The molecule has 20 heavy (non-hydrogen) atoms. The highest BCUT2D eigenvalue weighted by Crippen LogP contribution is 2.28. The molecule has 2 heteroatoms. The third-order valence-electron chi connectivity index (χ3n) is 3.70. The van der Waals surface area contributed by atoms with Crippen molar-refractivity contribution >= 4 is 5.69 Å². The van der Waals surface area contributed by atoms with E-state index in [4.69, 9.17) is 0 Å². The first-order valence-electron chi connectivity index (χ1n) is 7.45. The van der Waals surface area contributed by atoms with Gasteiger partial charge in [-0.3, -0.25) is 4.98 Å². The van der Waals surface area contributed by atoms with E-state index >= 15 is 0 Å². The van der Waals surface area contributed by atoms with Crippen LogP contribution in [0.3, 0.4) is 0 Å². The summed E-state index contributed by atoms with van der Waals surface area (Å²) in [5, 5.41) is 3.66. The fourth-order valence-corrected chi connectivity index (χ4v) is 2.61. The van der Waals surface area contributed by atoms with E-state index in [9.17, 15) is 0 Å². The number of nitrogens with zero attached hydrogens (tertiary/aromatic N) is 1. The molecule has 1 aromatic carbocycles. The van der Waals surface area contributed by atoms with Crippen LogP contribution in [-0.2, 0) is 12.8 Å². The van der Waals surface area contributed by atoms with Gasteiger partial charge in [0, 0.05) is 11.9 Å². The maximum atomic E-state index is 4.44. The van der Waals surface area contributed by atoms with Gasteiger partial charge in [-0.05, 0) is 49.9 Å². The molecule has 2 nitrogen and oxygen atoms in total. The molecule has 1 unspecified atom stereocenters. The summed E-state index contributed by atoms with van der Waals surface area (Å²) in [7, 11) is 0. The Bertz CT molecular complexity index is 536. The summed E-state index contributed by atoms with van der Waals surface area (Å²) in [6, 6.07) is 10.9. The molecule has 2 aromatic rings. The summed E-state index contributed by atoms with van der Waals surface area (Å²) in [6.45, 7) is 8.76. The maximum absolute atomic E-state index is 4.44. The minimum absolute atomic E-state index is 0.217. The van der Waals surface area contributed by atoms with E-state index in [-0.39, 0.29) is 6.04 Å². The Kier molecular flexibility index (Phi) is 4.78. The van der Waals surface area contributed by atoms with E-state index in [1.165, 1.54) is 22.4 Å². The van der Waals surface area contributed by atoms with Crippen LogP contribution in [0.2, 0.25) is 0 Å². The SMILES string of the molecule is CCc1cc(C)cc(CC)c1NC(C)c1ccccn1. The molecular weight excluding hydrogens is 244 g/mol. The molecule has 1 heterocycles. The van der Waals surface area contributed by atoms with Gasteiger partial charge >= 0.3 is 0 Å². The Balaban J connectivity index is 2.33. The molecule has 2 rings (SSSR count). The molecule has 0 spiro atoms. The van der Waals surface area contributed by atoms with Crippen molar-refractivity contribution in [3.63, 3.8) is 0 Å². The largest absolute Gasteiger partial charge is 0.377 e. The molecule has 1 aromatic heterocycles. The molecule has 0 aliphatic rings. The van der Waals surface area contributed by atoms with Crippen molar-refractivity contribution in [3.8, 4) is 0 Å². The van der Waals surface area contributed by atoms with Gasteiger partial charge in [0.1, 0.15) is 0 Å². The van der Waals surface area contributed by atoms with Crippen molar-refractivity contribution < 1.29 is 0 Å². The third kappa shape index (κ3) is 3.19. The zero-order valence-electron chi connectivity index (χ0n) is 12.9. The van der Waals surface area contributed by atoms with E-state index < -0.39 is 0 Å². The van der Waals surface area contributed by atoms with Crippen LogP contribution in [0.15, 0.2) is 36.5 Å². The van der Waals surface area contributed by atoms with Crippen molar-refractivity contribution in [2.75, 3.05) is 5.32 Å². The zero-order chi connectivity index (χ0) is 14.5. The van der Waals surface area contributed by atoms with E-state index in [2.05, 4.69) is 56.2 Å². The van der Waals surface area contributed by atoms with Crippen LogP contribution in [0.4, 0.5) is 5.69 Å². The fourth-order valence-electron chi connectivity index (χ4n) is 2.61. The van der Waals surface area contributed by atoms with Gasteiger partial charge in [0.05, 0.1) is 11.7 Å². The van der Waals surface area contributed by atoms with Crippen LogP contribution < -0.4 is 5.32 Å². The first-order chi connectivity index (χ1) is 9.65. The fraction of sp³-hybridized carbons (Fsp3) is 0.389. The Hall–Kier alpha value is -1.83. The van der Waals surface area contributed by atoms with Crippen LogP contribution >= 0.6 is 0 Å². The number of benzene rings is 1. The molecule has 106 valence electrons. The van der Waals surface area contributed by atoms with Gasteiger partial charge in [-0.1, -0.05) is 37.6 Å². The number of aromatic nitrogens is 1. The molecular formula is C18H24N2. The molecule has 0 aliphatic carbocycles. The number of rotatable bonds is 5. The highest BCUT2D eigenvalue weighted by molar-refractivity contribution is 5.60. The summed E-state index contributed by atoms with van der Waals surface area (Å²) in [5.74, 6) is 0. The Morgan fingerprint density at radius 1 is 1.10 bits per heavy atom. The molecule has 0 radical (unpaired) electrons. The van der Waals surface area contributed by atoms with E-state index in [0.29, 0.717) is 0 Å². The minimum atomic E-state index is 0.217. The highest BCUT2D eigenvalue weighted by atomic mass is 14.9. The molecule has 0 bridgehead atoms. The van der Waals surface area contributed by atoms with Crippen molar-refractivity contribution in [1.29, 1.82) is 0 Å².